The molecular formula is C15H23NO3S. The Bertz CT molecular complexity index is 543. The first-order valence-electron chi connectivity index (χ1n) is 7.14. The molecular weight excluding hydrogens is 274 g/mol. The van der Waals surface area contributed by atoms with Crippen molar-refractivity contribution in [1.29, 1.82) is 0 Å². The summed E-state index contributed by atoms with van der Waals surface area (Å²) in [5, 5.41) is 9.45. The molecule has 0 bridgehead atoms. The van der Waals surface area contributed by atoms with Crippen LogP contribution in [0.3, 0.4) is 0 Å². The van der Waals surface area contributed by atoms with Crippen LogP contribution >= 0.6 is 0 Å². The van der Waals surface area contributed by atoms with Crippen molar-refractivity contribution in [1.82, 2.24) is 4.72 Å². The van der Waals surface area contributed by atoms with E-state index >= 15 is 0 Å². The van der Waals surface area contributed by atoms with Crippen molar-refractivity contribution in [3.63, 3.8) is 0 Å². The molecule has 0 spiro atoms. The number of aliphatic hydroxyl groups excluding tert-OH is 1. The van der Waals surface area contributed by atoms with Gasteiger partial charge >= 0.3 is 0 Å². The van der Waals surface area contributed by atoms with Crippen LogP contribution in [0.2, 0.25) is 0 Å². The lowest BCUT2D eigenvalue weighted by molar-refractivity contribution is 0.199. The van der Waals surface area contributed by atoms with Gasteiger partial charge in [0, 0.05) is 5.54 Å². The average molecular weight is 297 g/mol. The summed E-state index contributed by atoms with van der Waals surface area (Å²) in [7, 11) is -3.49. The summed E-state index contributed by atoms with van der Waals surface area (Å²) in [5.41, 5.74) is 0.382. The Labute approximate surface area is 121 Å². The minimum atomic E-state index is -3.49. The Kier molecular flexibility index (Phi) is 4.52. The lowest BCUT2D eigenvalue weighted by Crippen LogP contribution is -2.47. The summed E-state index contributed by atoms with van der Waals surface area (Å²) >= 11 is 0. The number of hydrogen-bond acceptors (Lipinski definition) is 3. The summed E-state index contributed by atoms with van der Waals surface area (Å²) in [6, 6.07) is 6.41. The first-order valence-corrected chi connectivity index (χ1v) is 8.63. The van der Waals surface area contributed by atoms with Gasteiger partial charge in [0.05, 0.1) is 11.0 Å². The van der Waals surface area contributed by atoms with E-state index in [0.717, 1.165) is 25.7 Å². The van der Waals surface area contributed by atoms with Crippen molar-refractivity contribution < 1.29 is 13.5 Å². The Balaban J connectivity index is 2.17. The number of benzene rings is 1. The van der Waals surface area contributed by atoms with Gasteiger partial charge in [0.2, 0.25) is 10.0 Å². The van der Waals surface area contributed by atoms with E-state index in [1.807, 2.05) is 6.92 Å². The molecule has 5 heteroatoms. The van der Waals surface area contributed by atoms with Crippen LogP contribution in [0.15, 0.2) is 29.2 Å². The largest absolute Gasteiger partial charge is 0.389 e. The van der Waals surface area contributed by atoms with E-state index in [2.05, 4.69) is 4.72 Å². The lowest BCUT2D eigenvalue weighted by Gasteiger charge is -2.34. The van der Waals surface area contributed by atoms with Crippen molar-refractivity contribution in [2.75, 3.05) is 0 Å². The first kappa shape index (κ1) is 15.5. The van der Waals surface area contributed by atoms with Gasteiger partial charge in [0.1, 0.15) is 0 Å². The third-order valence-electron chi connectivity index (χ3n) is 4.01. The third kappa shape index (κ3) is 3.59. The zero-order valence-corrected chi connectivity index (χ0v) is 12.9. The van der Waals surface area contributed by atoms with Gasteiger partial charge in [0.15, 0.2) is 0 Å². The highest BCUT2D eigenvalue weighted by Gasteiger charge is 2.31. The van der Waals surface area contributed by atoms with Gasteiger partial charge < -0.3 is 5.11 Å². The van der Waals surface area contributed by atoms with E-state index < -0.39 is 16.1 Å². The third-order valence-corrected chi connectivity index (χ3v) is 5.66. The molecule has 112 valence electrons. The minimum absolute atomic E-state index is 0.258. The zero-order valence-electron chi connectivity index (χ0n) is 12.1. The van der Waals surface area contributed by atoms with Gasteiger partial charge in [-0.05, 0) is 44.4 Å². The summed E-state index contributed by atoms with van der Waals surface area (Å²) in [5.74, 6) is 0. The van der Waals surface area contributed by atoms with Gasteiger partial charge in [-0.3, -0.25) is 0 Å². The fourth-order valence-corrected chi connectivity index (χ4v) is 4.21. The molecule has 0 saturated heterocycles. The fourth-order valence-electron chi connectivity index (χ4n) is 2.74. The molecule has 1 saturated carbocycles. The van der Waals surface area contributed by atoms with Gasteiger partial charge in [-0.2, -0.15) is 0 Å². The minimum Gasteiger partial charge on any atom is -0.389 e. The quantitative estimate of drug-likeness (QED) is 0.898. The predicted molar refractivity (Wildman–Crippen MR) is 78.9 cm³/mol. The lowest BCUT2D eigenvalue weighted by atomic mass is 9.84. The monoisotopic (exact) mass is 297 g/mol. The molecule has 0 radical (unpaired) electrons. The van der Waals surface area contributed by atoms with E-state index in [9.17, 15) is 13.5 Å². The Morgan fingerprint density at radius 1 is 1.15 bits per heavy atom. The van der Waals surface area contributed by atoms with Crippen LogP contribution in [0.25, 0.3) is 0 Å². The predicted octanol–water partition coefficient (Wildman–Crippen LogP) is 2.74. The van der Waals surface area contributed by atoms with Crippen LogP contribution in [-0.2, 0) is 10.0 Å². The standard InChI is InChI=1S/C15H23NO3S/c1-12(17)13-6-8-14(9-7-13)20(18,19)16-15(2)10-4-3-5-11-15/h6-9,12,16-17H,3-5,10-11H2,1-2H3. The Morgan fingerprint density at radius 3 is 2.20 bits per heavy atom. The highest BCUT2D eigenvalue weighted by molar-refractivity contribution is 7.89. The molecule has 2 rings (SSSR count). The molecule has 0 heterocycles. The van der Waals surface area contributed by atoms with Gasteiger partial charge in [0.25, 0.3) is 0 Å². The second-order valence-corrected chi connectivity index (χ2v) is 7.65. The summed E-state index contributed by atoms with van der Waals surface area (Å²) < 4.78 is 27.7. The first-order chi connectivity index (χ1) is 9.32. The molecule has 0 aromatic heterocycles. The van der Waals surface area contributed by atoms with Crippen molar-refractivity contribution in [3.8, 4) is 0 Å². The van der Waals surface area contributed by atoms with E-state index in [1.165, 1.54) is 6.42 Å². The number of sulfonamides is 1. The SMILES string of the molecule is CC(O)c1ccc(S(=O)(=O)NC2(C)CCCCC2)cc1. The molecule has 1 aromatic carbocycles. The summed E-state index contributed by atoms with van der Waals surface area (Å²) in [4.78, 5) is 0.258. The molecule has 1 atom stereocenters. The van der Waals surface area contributed by atoms with Gasteiger partial charge in [-0.1, -0.05) is 31.4 Å². The van der Waals surface area contributed by atoms with Gasteiger partial charge in [-0.15, -0.1) is 0 Å². The molecule has 1 unspecified atom stereocenters. The van der Waals surface area contributed by atoms with E-state index in [-0.39, 0.29) is 10.4 Å². The molecule has 1 fully saturated rings. The molecule has 20 heavy (non-hydrogen) atoms. The van der Waals surface area contributed by atoms with Crippen LogP contribution < -0.4 is 4.72 Å². The Morgan fingerprint density at radius 2 is 1.70 bits per heavy atom. The van der Waals surface area contributed by atoms with Crippen molar-refractivity contribution >= 4 is 10.0 Å². The fraction of sp³-hybridized carbons (Fsp3) is 0.600. The van der Waals surface area contributed by atoms with Crippen molar-refractivity contribution in [2.24, 2.45) is 0 Å². The van der Waals surface area contributed by atoms with Crippen molar-refractivity contribution in [2.45, 2.75) is 62.5 Å². The number of rotatable bonds is 4. The maximum atomic E-state index is 12.4. The van der Waals surface area contributed by atoms with Crippen LogP contribution in [0, 0.1) is 0 Å². The molecule has 1 aromatic rings. The van der Waals surface area contributed by atoms with Crippen LogP contribution in [0.1, 0.15) is 57.6 Å². The second kappa shape index (κ2) is 5.84. The normalized spacial score (nSPS) is 20.6. The molecule has 1 aliphatic carbocycles. The van der Waals surface area contributed by atoms with E-state index in [0.29, 0.717) is 5.56 Å². The van der Waals surface area contributed by atoms with Crippen LogP contribution in [-0.4, -0.2) is 19.1 Å². The highest BCUT2D eigenvalue weighted by Crippen LogP contribution is 2.29. The molecule has 1 aliphatic rings. The van der Waals surface area contributed by atoms with Gasteiger partial charge in [-0.25, -0.2) is 13.1 Å². The van der Waals surface area contributed by atoms with E-state index in [1.54, 1.807) is 31.2 Å². The number of aliphatic hydroxyl groups is 1. The second-order valence-electron chi connectivity index (χ2n) is 5.97. The molecule has 2 N–H and O–H groups in total. The average Bonchev–Trinajstić information content (AvgIpc) is 2.38. The zero-order chi connectivity index (χ0) is 14.8. The highest BCUT2D eigenvalue weighted by atomic mass is 32.2. The van der Waals surface area contributed by atoms with Crippen molar-refractivity contribution in [3.05, 3.63) is 29.8 Å². The number of hydrogen-bond donors (Lipinski definition) is 2. The topological polar surface area (TPSA) is 66.4 Å². The molecule has 0 aliphatic heterocycles. The maximum Gasteiger partial charge on any atom is 0.241 e. The van der Waals surface area contributed by atoms with Crippen LogP contribution in [0.5, 0.6) is 0 Å². The molecule has 0 amide bonds. The Hall–Kier alpha value is -0.910. The maximum absolute atomic E-state index is 12.4. The number of nitrogens with one attached hydrogen (secondary N) is 1. The summed E-state index contributed by atoms with van der Waals surface area (Å²) in [6.45, 7) is 3.64. The smallest absolute Gasteiger partial charge is 0.241 e. The van der Waals surface area contributed by atoms with E-state index in [4.69, 9.17) is 0 Å². The molecule has 4 nitrogen and oxygen atoms in total. The van der Waals surface area contributed by atoms with Crippen LogP contribution in [0.4, 0.5) is 0 Å². The summed E-state index contributed by atoms with van der Waals surface area (Å²) in [6.07, 6.45) is 4.51.